The Morgan fingerprint density at radius 1 is 1.17 bits per heavy atom. The Morgan fingerprint density at radius 2 is 1.93 bits per heavy atom. The molecule has 0 bridgehead atoms. The van der Waals surface area contributed by atoms with Crippen molar-refractivity contribution in [3.8, 4) is 11.4 Å². The molecular formula is C20H18ClN3O4S. The molecule has 4 rings (SSSR count). The lowest BCUT2D eigenvalue weighted by atomic mass is 10.2. The van der Waals surface area contributed by atoms with Crippen LogP contribution in [0.1, 0.15) is 18.2 Å². The van der Waals surface area contributed by atoms with Gasteiger partial charge in [-0.25, -0.2) is 13.1 Å². The van der Waals surface area contributed by atoms with E-state index < -0.39 is 21.8 Å². The molecule has 1 atom stereocenters. The molecule has 29 heavy (non-hydrogen) atoms. The van der Waals surface area contributed by atoms with Gasteiger partial charge in [0.1, 0.15) is 11.6 Å². The van der Waals surface area contributed by atoms with Gasteiger partial charge in [-0.05, 0) is 37.3 Å². The second-order valence-corrected chi connectivity index (χ2v) is 9.26. The van der Waals surface area contributed by atoms with Gasteiger partial charge in [-0.3, -0.25) is 4.79 Å². The first-order valence-corrected chi connectivity index (χ1v) is 11.1. The maximum absolute atomic E-state index is 12.8. The number of carbonyl (C=O) groups is 1. The van der Waals surface area contributed by atoms with Crippen LogP contribution >= 0.6 is 11.6 Å². The van der Waals surface area contributed by atoms with Gasteiger partial charge in [-0.1, -0.05) is 35.9 Å². The first-order valence-electron chi connectivity index (χ1n) is 8.92. The van der Waals surface area contributed by atoms with Crippen molar-refractivity contribution in [2.45, 2.75) is 24.5 Å². The fraction of sp³-hybridized carbons (Fsp3) is 0.200. The summed E-state index contributed by atoms with van der Waals surface area (Å²) in [6, 6.07) is 15.9. The molecule has 0 spiro atoms. The van der Waals surface area contributed by atoms with Crippen molar-refractivity contribution >= 4 is 33.2 Å². The van der Waals surface area contributed by atoms with Crippen molar-refractivity contribution in [3.63, 3.8) is 0 Å². The Kier molecular flexibility index (Phi) is 5.06. The van der Waals surface area contributed by atoms with Crippen molar-refractivity contribution in [2.75, 3.05) is 5.32 Å². The quantitative estimate of drug-likeness (QED) is 0.669. The summed E-state index contributed by atoms with van der Waals surface area (Å²) in [4.78, 5) is 12.8. The number of nitrogens with one attached hydrogen (secondary N) is 1. The molecule has 150 valence electrons. The van der Waals surface area contributed by atoms with Crippen LogP contribution in [0, 0.1) is 0 Å². The zero-order valence-corrected chi connectivity index (χ0v) is 17.1. The number of carbonyl (C=O) groups excluding carboxylic acids is 1. The SMILES string of the molecule is CC(Oc1ccccc1)C(=O)Nc1c2c(nn1-c1cccc(Cl)c1)CS(=O)(=O)C2. The monoisotopic (exact) mass is 431 g/mol. The maximum Gasteiger partial charge on any atom is 0.266 e. The lowest BCUT2D eigenvalue weighted by molar-refractivity contribution is -0.122. The Morgan fingerprint density at radius 3 is 2.66 bits per heavy atom. The number of ether oxygens (including phenoxy) is 1. The molecule has 0 radical (unpaired) electrons. The summed E-state index contributed by atoms with van der Waals surface area (Å²) in [5.74, 6) is 0.133. The first-order chi connectivity index (χ1) is 13.8. The molecule has 7 nitrogen and oxygen atoms in total. The largest absolute Gasteiger partial charge is 0.481 e. The number of halogens is 1. The second-order valence-electron chi connectivity index (χ2n) is 6.76. The third-order valence-electron chi connectivity index (χ3n) is 4.51. The lowest BCUT2D eigenvalue weighted by Gasteiger charge is -2.16. The summed E-state index contributed by atoms with van der Waals surface area (Å²) in [7, 11) is -3.28. The summed E-state index contributed by atoms with van der Waals surface area (Å²) in [6.45, 7) is 1.62. The third kappa shape index (κ3) is 4.13. The zero-order chi connectivity index (χ0) is 20.6. The highest BCUT2D eigenvalue weighted by Crippen LogP contribution is 2.33. The minimum atomic E-state index is -3.28. The van der Waals surface area contributed by atoms with E-state index in [0.717, 1.165) is 0 Å². The smallest absolute Gasteiger partial charge is 0.266 e. The van der Waals surface area contributed by atoms with E-state index in [1.807, 2.05) is 18.2 Å². The number of para-hydroxylation sites is 1. The van der Waals surface area contributed by atoms with Gasteiger partial charge in [0.2, 0.25) is 0 Å². The molecule has 1 aliphatic heterocycles. The number of hydrogen-bond donors (Lipinski definition) is 1. The number of amides is 1. The number of anilines is 1. The summed E-state index contributed by atoms with van der Waals surface area (Å²) in [6.07, 6.45) is -0.797. The average molecular weight is 432 g/mol. The number of sulfone groups is 1. The van der Waals surface area contributed by atoms with Crippen molar-refractivity contribution in [2.24, 2.45) is 0 Å². The van der Waals surface area contributed by atoms with Crippen LogP contribution in [0.4, 0.5) is 5.82 Å². The van der Waals surface area contributed by atoms with E-state index in [2.05, 4.69) is 10.4 Å². The van der Waals surface area contributed by atoms with Gasteiger partial charge in [0.25, 0.3) is 5.91 Å². The summed E-state index contributed by atoms with van der Waals surface area (Å²) < 4.78 is 31.3. The predicted octanol–water partition coefficient (Wildman–Crippen LogP) is 3.36. The fourth-order valence-corrected chi connectivity index (χ4v) is 4.82. The minimum absolute atomic E-state index is 0.158. The van der Waals surface area contributed by atoms with Crippen molar-refractivity contribution < 1.29 is 17.9 Å². The second kappa shape index (κ2) is 7.53. The van der Waals surface area contributed by atoms with E-state index in [-0.39, 0.29) is 11.5 Å². The van der Waals surface area contributed by atoms with Crippen molar-refractivity contribution in [3.05, 3.63) is 70.9 Å². The maximum atomic E-state index is 12.8. The van der Waals surface area contributed by atoms with Crippen LogP contribution in [0.5, 0.6) is 5.75 Å². The van der Waals surface area contributed by atoms with Crippen molar-refractivity contribution in [1.29, 1.82) is 0 Å². The van der Waals surface area contributed by atoms with E-state index in [9.17, 15) is 13.2 Å². The molecule has 3 aromatic rings. The van der Waals surface area contributed by atoms with Crippen LogP contribution < -0.4 is 10.1 Å². The number of rotatable bonds is 5. The molecule has 2 aromatic carbocycles. The summed E-state index contributed by atoms with van der Waals surface area (Å²) in [5.41, 5.74) is 1.54. The van der Waals surface area contributed by atoms with Gasteiger partial charge in [-0.2, -0.15) is 5.10 Å². The molecule has 0 aliphatic carbocycles. The number of fused-ring (bicyclic) bond motifs is 1. The summed E-state index contributed by atoms with van der Waals surface area (Å²) in [5, 5.41) is 7.72. The molecule has 1 N–H and O–H groups in total. The van der Waals surface area contributed by atoms with Crippen LogP contribution in [-0.4, -0.2) is 30.2 Å². The highest BCUT2D eigenvalue weighted by molar-refractivity contribution is 7.90. The number of hydrogen-bond acceptors (Lipinski definition) is 5. The first kappa shape index (κ1) is 19.5. The Bertz CT molecular complexity index is 1180. The molecule has 1 aliphatic rings. The van der Waals surface area contributed by atoms with Crippen LogP contribution in [0.15, 0.2) is 54.6 Å². The third-order valence-corrected chi connectivity index (χ3v) is 6.18. The Labute approximate surface area is 173 Å². The average Bonchev–Trinajstić information content (AvgIpc) is 3.15. The topological polar surface area (TPSA) is 90.3 Å². The van der Waals surface area contributed by atoms with Crippen molar-refractivity contribution in [1.82, 2.24) is 9.78 Å². The molecule has 2 heterocycles. The van der Waals surface area contributed by atoms with E-state index in [1.54, 1.807) is 43.3 Å². The molecule has 1 amide bonds. The highest BCUT2D eigenvalue weighted by Gasteiger charge is 2.33. The van der Waals surface area contributed by atoms with Gasteiger partial charge in [-0.15, -0.1) is 0 Å². The van der Waals surface area contributed by atoms with Crippen LogP contribution in [-0.2, 0) is 26.1 Å². The van der Waals surface area contributed by atoms with E-state index in [4.69, 9.17) is 16.3 Å². The predicted molar refractivity (Wildman–Crippen MR) is 110 cm³/mol. The normalized spacial score (nSPS) is 15.5. The van der Waals surface area contributed by atoms with Crippen LogP contribution in [0.25, 0.3) is 5.69 Å². The summed E-state index contributed by atoms with van der Waals surface area (Å²) >= 11 is 6.09. The van der Waals surface area contributed by atoms with E-state index in [1.165, 1.54) is 4.68 Å². The van der Waals surface area contributed by atoms with Gasteiger partial charge in [0, 0.05) is 10.6 Å². The van der Waals surface area contributed by atoms with Gasteiger partial charge in [0.15, 0.2) is 15.9 Å². The number of benzene rings is 2. The standard InChI is InChI=1S/C20H18ClN3O4S/c1-13(28-16-8-3-2-4-9-16)20(25)22-19-17-11-29(26,27)12-18(17)23-24(19)15-7-5-6-14(21)10-15/h2-10,13H,11-12H2,1H3,(H,22,25). The molecule has 1 aromatic heterocycles. The molecule has 0 saturated heterocycles. The molecule has 0 fully saturated rings. The van der Waals surface area contributed by atoms with E-state index in [0.29, 0.717) is 33.5 Å². The van der Waals surface area contributed by atoms with Gasteiger partial charge < -0.3 is 10.1 Å². The van der Waals surface area contributed by atoms with Crippen LogP contribution in [0.2, 0.25) is 5.02 Å². The number of aromatic nitrogens is 2. The van der Waals surface area contributed by atoms with Gasteiger partial charge in [0.05, 0.1) is 22.9 Å². The Hall–Kier alpha value is -2.84. The fourth-order valence-electron chi connectivity index (χ4n) is 3.14. The Balaban J connectivity index is 1.66. The van der Waals surface area contributed by atoms with Crippen LogP contribution in [0.3, 0.4) is 0 Å². The molecular weight excluding hydrogens is 414 g/mol. The minimum Gasteiger partial charge on any atom is -0.481 e. The molecule has 1 unspecified atom stereocenters. The van der Waals surface area contributed by atoms with Gasteiger partial charge >= 0.3 is 0 Å². The number of nitrogens with zero attached hydrogens (tertiary/aromatic N) is 2. The molecule has 9 heteroatoms. The zero-order valence-electron chi connectivity index (χ0n) is 15.5. The molecule has 0 saturated carbocycles. The lowest BCUT2D eigenvalue weighted by Crippen LogP contribution is -2.31. The van der Waals surface area contributed by atoms with E-state index >= 15 is 0 Å². The highest BCUT2D eigenvalue weighted by atomic mass is 35.5.